The molecule has 1 amide bonds. The molecule has 0 N–H and O–H groups in total. The lowest BCUT2D eigenvalue weighted by atomic mass is 10.2. The van der Waals surface area contributed by atoms with Crippen molar-refractivity contribution in [1.29, 1.82) is 0 Å². The van der Waals surface area contributed by atoms with Crippen LogP contribution >= 0.6 is 11.6 Å². The Morgan fingerprint density at radius 3 is 2.41 bits per heavy atom. The highest BCUT2D eigenvalue weighted by atomic mass is 35.5. The van der Waals surface area contributed by atoms with Gasteiger partial charge in [-0.25, -0.2) is 4.79 Å². The van der Waals surface area contributed by atoms with E-state index in [9.17, 15) is 4.79 Å². The van der Waals surface area contributed by atoms with E-state index in [1.54, 1.807) is 4.90 Å². The van der Waals surface area contributed by atoms with E-state index in [2.05, 4.69) is 9.80 Å². The van der Waals surface area contributed by atoms with Gasteiger partial charge in [0.1, 0.15) is 18.0 Å². The second-order valence-electron chi connectivity index (χ2n) is 8.37. The molecule has 1 aromatic carbocycles. The fourth-order valence-corrected chi connectivity index (χ4v) is 3.62. The number of ether oxygens (including phenoxy) is 3. The summed E-state index contributed by atoms with van der Waals surface area (Å²) in [4.78, 5) is 18.5. The summed E-state index contributed by atoms with van der Waals surface area (Å²) >= 11 is 6.45. The van der Waals surface area contributed by atoms with Crippen molar-refractivity contribution < 1.29 is 19.0 Å². The summed E-state index contributed by atoms with van der Waals surface area (Å²) in [6, 6.07) is 5.89. The Hall–Kier alpha value is -1.70. The number of carbonyl (C=O) groups excluding carboxylic acids is 1. The number of morpholine rings is 1. The fourth-order valence-electron chi connectivity index (χ4n) is 3.39. The van der Waals surface area contributed by atoms with E-state index >= 15 is 0 Å². The largest absolute Gasteiger partial charge is 0.491 e. The smallest absolute Gasteiger partial charge is 0.410 e. The minimum atomic E-state index is -0.473. The predicted octanol–water partition coefficient (Wildman–Crippen LogP) is 3.11. The quantitative estimate of drug-likeness (QED) is 0.722. The number of hydrogen-bond donors (Lipinski definition) is 0. The van der Waals surface area contributed by atoms with Crippen molar-refractivity contribution in [2.75, 3.05) is 70.5 Å². The van der Waals surface area contributed by atoms with Crippen LogP contribution in [0.1, 0.15) is 20.8 Å². The maximum atomic E-state index is 12.2. The van der Waals surface area contributed by atoms with Crippen molar-refractivity contribution in [3.8, 4) is 5.75 Å². The molecule has 2 saturated heterocycles. The van der Waals surface area contributed by atoms with E-state index in [1.807, 2.05) is 39.0 Å². The van der Waals surface area contributed by atoms with Gasteiger partial charge in [-0.05, 0) is 39.0 Å². The lowest BCUT2D eigenvalue weighted by Crippen LogP contribution is -2.50. The van der Waals surface area contributed by atoms with E-state index in [0.29, 0.717) is 30.5 Å². The number of anilines is 1. The highest BCUT2D eigenvalue weighted by Crippen LogP contribution is 2.30. The molecule has 0 radical (unpaired) electrons. The standard InChI is InChI=1S/C21H32ClN3O4/c1-21(2,3)29-20(26)25-8-6-24(7-9-25)17-4-5-19(18(22)16-17)28-15-12-23-10-13-27-14-11-23/h4-5,16H,6-15H2,1-3H3. The Balaban J connectivity index is 1.47. The molecule has 8 heteroatoms. The van der Waals surface area contributed by atoms with Gasteiger partial charge in [-0.3, -0.25) is 4.90 Å². The average Bonchev–Trinajstić information content (AvgIpc) is 2.69. The number of amides is 1. The molecule has 2 heterocycles. The lowest BCUT2D eigenvalue weighted by Gasteiger charge is -2.36. The van der Waals surface area contributed by atoms with Crippen LogP contribution in [0.2, 0.25) is 5.02 Å². The van der Waals surface area contributed by atoms with Crippen LogP contribution in [0.15, 0.2) is 18.2 Å². The van der Waals surface area contributed by atoms with Gasteiger partial charge >= 0.3 is 6.09 Å². The number of rotatable bonds is 5. The third-order valence-electron chi connectivity index (χ3n) is 4.98. The van der Waals surface area contributed by atoms with Crippen molar-refractivity contribution in [2.45, 2.75) is 26.4 Å². The summed E-state index contributed by atoms with van der Waals surface area (Å²) < 4.78 is 16.7. The summed E-state index contributed by atoms with van der Waals surface area (Å²) in [5.41, 5.74) is 0.568. The lowest BCUT2D eigenvalue weighted by molar-refractivity contribution is 0.0240. The summed E-state index contributed by atoms with van der Waals surface area (Å²) in [6.45, 7) is 13.3. The van der Waals surface area contributed by atoms with Crippen molar-refractivity contribution in [3.05, 3.63) is 23.2 Å². The third-order valence-corrected chi connectivity index (χ3v) is 5.28. The zero-order chi connectivity index (χ0) is 20.9. The predicted molar refractivity (Wildman–Crippen MR) is 114 cm³/mol. The zero-order valence-electron chi connectivity index (χ0n) is 17.7. The van der Waals surface area contributed by atoms with E-state index in [1.165, 1.54) is 0 Å². The van der Waals surface area contributed by atoms with E-state index in [4.69, 9.17) is 25.8 Å². The molecule has 162 valence electrons. The molecule has 0 bridgehead atoms. The highest BCUT2D eigenvalue weighted by molar-refractivity contribution is 6.32. The molecule has 7 nitrogen and oxygen atoms in total. The Kier molecular flexibility index (Phi) is 7.49. The van der Waals surface area contributed by atoms with Gasteiger partial charge in [-0.2, -0.15) is 0 Å². The highest BCUT2D eigenvalue weighted by Gasteiger charge is 2.26. The summed E-state index contributed by atoms with van der Waals surface area (Å²) in [6.07, 6.45) is -0.251. The van der Waals surface area contributed by atoms with Crippen LogP contribution in [0.5, 0.6) is 5.75 Å². The Morgan fingerprint density at radius 2 is 1.79 bits per heavy atom. The fraction of sp³-hybridized carbons (Fsp3) is 0.667. The van der Waals surface area contributed by atoms with Crippen LogP contribution in [0, 0.1) is 0 Å². The maximum Gasteiger partial charge on any atom is 0.410 e. The second-order valence-corrected chi connectivity index (χ2v) is 8.78. The van der Waals surface area contributed by atoms with Gasteiger partial charge < -0.3 is 24.0 Å². The summed E-state index contributed by atoms with van der Waals surface area (Å²) in [7, 11) is 0. The minimum absolute atomic E-state index is 0.251. The molecule has 0 aliphatic carbocycles. The molecule has 0 saturated carbocycles. The van der Waals surface area contributed by atoms with Crippen LogP contribution < -0.4 is 9.64 Å². The maximum absolute atomic E-state index is 12.2. The van der Waals surface area contributed by atoms with Crippen molar-refractivity contribution in [1.82, 2.24) is 9.80 Å². The number of nitrogens with zero attached hydrogens (tertiary/aromatic N) is 3. The molecule has 0 aromatic heterocycles. The van der Waals surface area contributed by atoms with Gasteiger partial charge in [0.2, 0.25) is 0 Å². The molecule has 2 aliphatic heterocycles. The molecule has 0 unspecified atom stereocenters. The first kappa shape index (κ1) is 22.0. The number of carbonyl (C=O) groups is 1. The number of benzene rings is 1. The molecule has 1 aromatic rings. The molecule has 0 spiro atoms. The zero-order valence-corrected chi connectivity index (χ0v) is 18.4. The van der Waals surface area contributed by atoms with Crippen LogP contribution in [0.25, 0.3) is 0 Å². The first-order valence-electron chi connectivity index (χ1n) is 10.3. The number of halogens is 1. The molecular weight excluding hydrogens is 394 g/mol. The second kappa shape index (κ2) is 9.87. The monoisotopic (exact) mass is 425 g/mol. The van der Waals surface area contributed by atoms with Gasteiger partial charge in [0.25, 0.3) is 0 Å². The molecule has 3 rings (SSSR count). The first-order valence-corrected chi connectivity index (χ1v) is 10.6. The Bertz CT molecular complexity index is 681. The first-order chi connectivity index (χ1) is 13.8. The van der Waals surface area contributed by atoms with Crippen LogP contribution in [0.3, 0.4) is 0 Å². The van der Waals surface area contributed by atoms with E-state index in [0.717, 1.165) is 51.6 Å². The Labute approximate surface area is 178 Å². The molecule has 2 fully saturated rings. The van der Waals surface area contributed by atoms with Gasteiger partial charge in [0.05, 0.1) is 18.2 Å². The third kappa shape index (κ3) is 6.66. The normalized spacial score (nSPS) is 18.6. The number of piperazine rings is 1. The van der Waals surface area contributed by atoms with Gasteiger partial charge in [0.15, 0.2) is 0 Å². The van der Waals surface area contributed by atoms with Gasteiger partial charge in [-0.1, -0.05) is 11.6 Å². The van der Waals surface area contributed by atoms with Crippen LogP contribution in [-0.4, -0.2) is 87.1 Å². The minimum Gasteiger partial charge on any atom is -0.491 e. The van der Waals surface area contributed by atoms with Crippen molar-refractivity contribution >= 4 is 23.4 Å². The Morgan fingerprint density at radius 1 is 1.10 bits per heavy atom. The van der Waals surface area contributed by atoms with Crippen LogP contribution in [-0.2, 0) is 9.47 Å². The SMILES string of the molecule is CC(C)(C)OC(=O)N1CCN(c2ccc(OCCN3CCOCC3)c(Cl)c2)CC1. The van der Waals surface area contributed by atoms with Crippen LogP contribution in [0.4, 0.5) is 10.5 Å². The van der Waals surface area contributed by atoms with E-state index in [-0.39, 0.29) is 6.09 Å². The van der Waals surface area contributed by atoms with Gasteiger partial charge in [0, 0.05) is 51.5 Å². The van der Waals surface area contributed by atoms with Crippen molar-refractivity contribution in [3.63, 3.8) is 0 Å². The molecular formula is C21H32ClN3O4. The topological polar surface area (TPSA) is 54.5 Å². The number of hydrogen-bond acceptors (Lipinski definition) is 6. The molecule has 29 heavy (non-hydrogen) atoms. The average molecular weight is 426 g/mol. The van der Waals surface area contributed by atoms with Gasteiger partial charge in [-0.15, -0.1) is 0 Å². The molecule has 0 atom stereocenters. The summed E-state index contributed by atoms with van der Waals surface area (Å²) in [5, 5.41) is 0.610. The summed E-state index contributed by atoms with van der Waals surface area (Å²) in [5.74, 6) is 0.705. The van der Waals surface area contributed by atoms with Crippen molar-refractivity contribution in [2.24, 2.45) is 0 Å². The molecule has 2 aliphatic rings. The van der Waals surface area contributed by atoms with E-state index < -0.39 is 5.60 Å².